The van der Waals surface area contributed by atoms with Crippen molar-refractivity contribution in [3.05, 3.63) is 94.6 Å². The molecule has 8 heteroatoms. The predicted octanol–water partition coefficient (Wildman–Crippen LogP) is 4.49. The zero-order chi connectivity index (χ0) is 22.2. The van der Waals surface area contributed by atoms with Crippen molar-refractivity contribution in [3.8, 4) is 0 Å². The average Bonchev–Trinajstić information content (AvgIpc) is 3.14. The largest absolute Gasteiger partial charge is 0.345 e. The molecule has 0 fully saturated rings. The van der Waals surface area contributed by atoms with Crippen LogP contribution < -0.4 is 10.0 Å². The molecule has 0 saturated heterocycles. The van der Waals surface area contributed by atoms with Gasteiger partial charge in [-0.05, 0) is 66.8 Å². The van der Waals surface area contributed by atoms with E-state index in [1.807, 2.05) is 0 Å². The van der Waals surface area contributed by atoms with Crippen molar-refractivity contribution in [2.45, 2.75) is 30.7 Å². The molecule has 2 N–H and O–H groups in total. The summed E-state index contributed by atoms with van der Waals surface area (Å²) < 4.78 is 55.5. The summed E-state index contributed by atoms with van der Waals surface area (Å²) in [6.45, 7) is 1.69. The Hall–Kier alpha value is -3.26. The van der Waals surface area contributed by atoms with E-state index in [2.05, 4.69) is 10.0 Å². The van der Waals surface area contributed by atoms with Gasteiger partial charge in [0.05, 0.1) is 16.6 Å². The Balaban J connectivity index is 1.59. The molecular formula is C23H20F2N2O3S. The second kappa shape index (κ2) is 8.11. The van der Waals surface area contributed by atoms with E-state index in [9.17, 15) is 22.0 Å². The Labute approximate surface area is 179 Å². The molecule has 0 radical (unpaired) electrons. The van der Waals surface area contributed by atoms with E-state index >= 15 is 0 Å². The first-order valence-electron chi connectivity index (χ1n) is 9.72. The van der Waals surface area contributed by atoms with Gasteiger partial charge in [-0.2, -0.15) is 0 Å². The highest BCUT2D eigenvalue weighted by molar-refractivity contribution is 7.92. The van der Waals surface area contributed by atoms with Crippen LogP contribution in [-0.4, -0.2) is 14.3 Å². The van der Waals surface area contributed by atoms with Crippen molar-refractivity contribution in [1.29, 1.82) is 0 Å². The van der Waals surface area contributed by atoms with Gasteiger partial charge in [-0.3, -0.25) is 9.52 Å². The molecule has 0 aromatic heterocycles. The molecule has 1 aliphatic carbocycles. The number of para-hydroxylation sites is 1. The second-order valence-corrected chi connectivity index (χ2v) is 9.12. The zero-order valence-corrected chi connectivity index (χ0v) is 17.5. The first-order valence-corrected chi connectivity index (χ1v) is 11.2. The van der Waals surface area contributed by atoms with Gasteiger partial charge in [0.2, 0.25) is 0 Å². The van der Waals surface area contributed by atoms with Crippen molar-refractivity contribution in [2.24, 2.45) is 0 Å². The number of benzene rings is 3. The number of carbonyl (C=O) groups is 1. The highest BCUT2D eigenvalue weighted by atomic mass is 32.2. The first-order chi connectivity index (χ1) is 14.8. The van der Waals surface area contributed by atoms with Crippen LogP contribution >= 0.6 is 0 Å². The molecule has 3 aromatic rings. The molecule has 31 heavy (non-hydrogen) atoms. The van der Waals surface area contributed by atoms with Gasteiger partial charge in [-0.15, -0.1) is 0 Å². The van der Waals surface area contributed by atoms with Crippen LogP contribution in [0, 0.1) is 18.6 Å². The molecule has 4 rings (SSSR count). The molecule has 5 nitrogen and oxygen atoms in total. The van der Waals surface area contributed by atoms with Crippen LogP contribution in [0.3, 0.4) is 0 Å². The first kappa shape index (κ1) is 21.0. The SMILES string of the molecule is Cc1ccc(S(=O)(=O)Nc2ccccc2F)cc1C(=O)NC1CCc2c(F)cccc21. The number of halogens is 2. The minimum atomic E-state index is -4.11. The number of aryl methyl sites for hydroxylation is 1. The monoisotopic (exact) mass is 442 g/mol. The summed E-state index contributed by atoms with van der Waals surface area (Å²) in [5.41, 5.74) is 1.91. The molecule has 0 saturated carbocycles. The number of hydrogen-bond acceptors (Lipinski definition) is 3. The van der Waals surface area contributed by atoms with Crippen LogP contribution in [0.4, 0.5) is 14.5 Å². The number of nitrogens with one attached hydrogen (secondary N) is 2. The summed E-state index contributed by atoms with van der Waals surface area (Å²) in [4.78, 5) is 12.8. The Kier molecular flexibility index (Phi) is 5.49. The van der Waals surface area contributed by atoms with E-state index in [0.717, 1.165) is 11.6 Å². The van der Waals surface area contributed by atoms with Crippen LogP contribution in [0.1, 0.15) is 39.5 Å². The van der Waals surface area contributed by atoms with Crippen molar-refractivity contribution >= 4 is 21.6 Å². The summed E-state index contributed by atoms with van der Waals surface area (Å²) in [7, 11) is -4.11. The molecular weight excluding hydrogens is 422 g/mol. The van der Waals surface area contributed by atoms with Gasteiger partial charge >= 0.3 is 0 Å². The lowest BCUT2D eigenvalue weighted by Crippen LogP contribution is -2.28. The Bertz CT molecular complexity index is 1280. The summed E-state index contributed by atoms with van der Waals surface area (Å²) >= 11 is 0. The Morgan fingerprint density at radius 1 is 1.00 bits per heavy atom. The molecule has 0 heterocycles. The summed E-state index contributed by atoms with van der Waals surface area (Å²) in [5, 5.41) is 2.88. The molecule has 1 unspecified atom stereocenters. The van der Waals surface area contributed by atoms with Crippen molar-refractivity contribution in [1.82, 2.24) is 5.32 Å². The summed E-state index contributed by atoms with van der Waals surface area (Å²) in [6.07, 6.45) is 1.08. The van der Waals surface area contributed by atoms with Crippen molar-refractivity contribution in [3.63, 3.8) is 0 Å². The molecule has 3 aromatic carbocycles. The fourth-order valence-electron chi connectivity index (χ4n) is 3.76. The van der Waals surface area contributed by atoms with Gasteiger partial charge in [0, 0.05) is 5.56 Å². The fraction of sp³-hybridized carbons (Fsp3) is 0.174. The number of sulfonamides is 1. The van der Waals surface area contributed by atoms with Gasteiger partial charge in [-0.1, -0.05) is 30.3 Å². The smallest absolute Gasteiger partial charge is 0.262 e. The number of rotatable bonds is 5. The molecule has 1 aliphatic rings. The van der Waals surface area contributed by atoms with E-state index in [-0.39, 0.29) is 28.0 Å². The van der Waals surface area contributed by atoms with Crippen LogP contribution in [0.2, 0.25) is 0 Å². The van der Waals surface area contributed by atoms with Gasteiger partial charge in [-0.25, -0.2) is 17.2 Å². The molecule has 0 spiro atoms. The highest BCUT2D eigenvalue weighted by Crippen LogP contribution is 2.33. The second-order valence-electron chi connectivity index (χ2n) is 7.43. The van der Waals surface area contributed by atoms with E-state index in [0.29, 0.717) is 24.0 Å². The number of amides is 1. The third-order valence-electron chi connectivity index (χ3n) is 5.40. The lowest BCUT2D eigenvalue weighted by Gasteiger charge is -2.16. The standard InChI is InChI=1S/C23H20F2N2O3S/c1-14-9-10-15(31(29,30)27-22-8-3-2-6-20(22)25)13-18(14)23(28)26-21-12-11-16-17(21)5-4-7-19(16)24/h2-10,13,21,27H,11-12H2,1H3,(H,26,28). The molecule has 1 atom stereocenters. The third-order valence-corrected chi connectivity index (χ3v) is 6.76. The molecule has 160 valence electrons. The maximum absolute atomic E-state index is 14.0. The third kappa shape index (κ3) is 4.16. The van der Waals surface area contributed by atoms with Crippen molar-refractivity contribution in [2.75, 3.05) is 4.72 Å². The summed E-state index contributed by atoms with van der Waals surface area (Å²) in [6, 6.07) is 14.0. The number of hydrogen-bond donors (Lipinski definition) is 2. The van der Waals surface area contributed by atoms with Crippen LogP contribution in [0.5, 0.6) is 0 Å². The minimum absolute atomic E-state index is 0.163. The topological polar surface area (TPSA) is 75.3 Å². The molecule has 0 aliphatic heterocycles. The molecule has 1 amide bonds. The van der Waals surface area contributed by atoms with Gasteiger partial charge in [0.15, 0.2) is 0 Å². The molecule has 0 bridgehead atoms. The number of fused-ring (bicyclic) bond motifs is 1. The predicted molar refractivity (Wildman–Crippen MR) is 113 cm³/mol. The zero-order valence-electron chi connectivity index (χ0n) is 16.7. The lowest BCUT2D eigenvalue weighted by molar-refractivity contribution is 0.0936. The minimum Gasteiger partial charge on any atom is -0.345 e. The van der Waals surface area contributed by atoms with E-state index in [4.69, 9.17) is 0 Å². The van der Waals surface area contributed by atoms with E-state index in [1.165, 1.54) is 42.5 Å². The fourth-order valence-corrected chi connectivity index (χ4v) is 4.85. The van der Waals surface area contributed by atoms with Crippen LogP contribution in [0.25, 0.3) is 0 Å². The van der Waals surface area contributed by atoms with Gasteiger partial charge in [0.25, 0.3) is 15.9 Å². The van der Waals surface area contributed by atoms with E-state index < -0.39 is 21.7 Å². The normalized spacial score (nSPS) is 15.4. The summed E-state index contributed by atoms with van der Waals surface area (Å²) in [5.74, 6) is -1.46. The van der Waals surface area contributed by atoms with Crippen LogP contribution in [0.15, 0.2) is 65.6 Å². The highest BCUT2D eigenvalue weighted by Gasteiger charge is 2.27. The van der Waals surface area contributed by atoms with Crippen molar-refractivity contribution < 1.29 is 22.0 Å². The lowest BCUT2D eigenvalue weighted by atomic mass is 10.1. The van der Waals surface area contributed by atoms with Gasteiger partial charge in [0.1, 0.15) is 11.6 Å². The quantitative estimate of drug-likeness (QED) is 0.611. The van der Waals surface area contributed by atoms with Gasteiger partial charge < -0.3 is 5.32 Å². The Morgan fingerprint density at radius 3 is 2.52 bits per heavy atom. The maximum Gasteiger partial charge on any atom is 0.262 e. The number of carbonyl (C=O) groups excluding carboxylic acids is 1. The average molecular weight is 442 g/mol. The van der Waals surface area contributed by atoms with E-state index in [1.54, 1.807) is 19.1 Å². The Morgan fingerprint density at radius 2 is 1.74 bits per heavy atom. The number of anilines is 1. The maximum atomic E-state index is 14.0. The van der Waals surface area contributed by atoms with Crippen LogP contribution in [-0.2, 0) is 16.4 Å².